The summed E-state index contributed by atoms with van der Waals surface area (Å²) in [7, 11) is 0. The lowest BCUT2D eigenvalue weighted by molar-refractivity contribution is -0.385. The molecule has 8 nitrogen and oxygen atoms in total. The molecular weight excluding hydrogens is 340 g/mol. The Kier molecular flexibility index (Phi) is 7.53. The van der Waals surface area contributed by atoms with E-state index in [1.807, 2.05) is 0 Å². The van der Waals surface area contributed by atoms with Crippen LogP contribution in [0.4, 0.5) is 5.69 Å². The molecule has 1 fully saturated rings. The number of benzene rings is 1. The van der Waals surface area contributed by atoms with Crippen LogP contribution >= 0.6 is 0 Å². The number of nitro groups is 1. The van der Waals surface area contributed by atoms with E-state index in [0.717, 1.165) is 12.8 Å². The van der Waals surface area contributed by atoms with Crippen molar-refractivity contribution < 1.29 is 24.0 Å². The zero-order valence-corrected chi connectivity index (χ0v) is 14.9. The maximum atomic E-state index is 12.7. The first-order chi connectivity index (χ1) is 12.5. The van der Waals surface area contributed by atoms with E-state index in [2.05, 4.69) is 0 Å². The molecule has 2 rings (SSSR count). The number of carbonyl (C=O) groups excluding carboxylic acids is 2. The summed E-state index contributed by atoms with van der Waals surface area (Å²) in [4.78, 5) is 36.6. The van der Waals surface area contributed by atoms with Crippen molar-refractivity contribution in [1.29, 1.82) is 0 Å². The minimum Gasteiger partial charge on any atom is -0.466 e. The molecule has 1 amide bonds. The third kappa shape index (κ3) is 5.80. The Morgan fingerprint density at radius 1 is 1.38 bits per heavy atom. The summed E-state index contributed by atoms with van der Waals surface area (Å²) in [6.45, 7) is 3.25. The van der Waals surface area contributed by atoms with Crippen LogP contribution in [0.3, 0.4) is 0 Å². The van der Waals surface area contributed by atoms with Crippen molar-refractivity contribution >= 4 is 17.6 Å². The fraction of sp³-hybridized carbons (Fsp3) is 0.556. The Balaban J connectivity index is 2.06. The topological polar surface area (TPSA) is 99.0 Å². The summed E-state index contributed by atoms with van der Waals surface area (Å²) in [6, 6.07) is 6.19. The van der Waals surface area contributed by atoms with E-state index >= 15 is 0 Å². The number of esters is 1. The smallest absolute Gasteiger partial charge is 0.307 e. The lowest BCUT2D eigenvalue weighted by Crippen LogP contribution is -2.39. The van der Waals surface area contributed by atoms with Crippen LogP contribution in [0.15, 0.2) is 24.3 Å². The van der Waals surface area contributed by atoms with Crippen molar-refractivity contribution in [3.8, 4) is 0 Å². The summed E-state index contributed by atoms with van der Waals surface area (Å²) in [5.41, 5.74) is 0.277. The Morgan fingerprint density at radius 2 is 2.15 bits per heavy atom. The third-order valence-electron chi connectivity index (χ3n) is 4.22. The second-order valence-corrected chi connectivity index (χ2v) is 6.09. The van der Waals surface area contributed by atoms with Crippen LogP contribution in [0.5, 0.6) is 0 Å². The predicted octanol–water partition coefficient (Wildman–Crippen LogP) is 2.10. The van der Waals surface area contributed by atoms with Gasteiger partial charge in [0.05, 0.1) is 30.5 Å². The highest BCUT2D eigenvalue weighted by Crippen LogP contribution is 2.20. The van der Waals surface area contributed by atoms with Gasteiger partial charge < -0.3 is 14.4 Å². The first-order valence-electron chi connectivity index (χ1n) is 8.78. The maximum absolute atomic E-state index is 12.7. The van der Waals surface area contributed by atoms with Crippen LogP contribution in [-0.2, 0) is 25.5 Å². The molecule has 1 atom stereocenters. The van der Waals surface area contributed by atoms with Crippen molar-refractivity contribution in [3.05, 3.63) is 39.9 Å². The molecule has 0 saturated carbocycles. The van der Waals surface area contributed by atoms with E-state index in [9.17, 15) is 19.7 Å². The molecule has 1 aromatic carbocycles. The van der Waals surface area contributed by atoms with Crippen molar-refractivity contribution in [3.63, 3.8) is 0 Å². The normalized spacial score (nSPS) is 16.3. The predicted molar refractivity (Wildman–Crippen MR) is 93.6 cm³/mol. The molecule has 142 valence electrons. The Bertz CT molecular complexity index is 642. The highest BCUT2D eigenvalue weighted by atomic mass is 16.6. The number of para-hydroxylation sites is 1. The van der Waals surface area contributed by atoms with Gasteiger partial charge in [-0.2, -0.15) is 0 Å². The standard InChI is InChI=1S/C18H24N2O6/c1-2-25-18(22)9-10-19(13-15-7-5-11-26-15)17(21)12-14-6-3-4-8-16(14)20(23)24/h3-4,6,8,15H,2,5,7,9-13H2,1H3. The average molecular weight is 364 g/mol. The van der Waals surface area contributed by atoms with E-state index in [0.29, 0.717) is 18.7 Å². The zero-order chi connectivity index (χ0) is 18.9. The van der Waals surface area contributed by atoms with Crippen LogP contribution in [0, 0.1) is 10.1 Å². The van der Waals surface area contributed by atoms with Crippen LogP contribution in [0.1, 0.15) is 31.7 Å². The molecule has 1 aliphatic rings. The van der Waals surface area contributed by atoms with E-state index < -0.39 is 4.92 Å². The highest BCUT2D eigenvalue weighted by Gasteiger charge is 2.25. The van der Waals surface area contributed by atoms with Crippen molar-refractivity contribution in [1.82, 2.24) is 4.90 Å². The second-order valence-electron chi connectivity index (χ2n) is 6.09. The molecule has 1 heterocycles. The first kappa shape index (κ1) is 19.8. The molecule has 0 aromatic heterocycles. The molecule has 0 bridgehead atoms. The second kappa shape index (κ2) is 9.86. The first-order valence-corrected chi connectivity index (χ1v) is 8.78. The van der Waals surface area contributed by atoms with Crippen LogP contribution in [0.2, 0.25) is 0 Å². The number of rotatable bonds is 9. The van der Waals surface area contributed by atoms with Crippen LogP contribution in [-0.4, -0.2) is 54.1 Å². The van der Waals surface area contributed by atoms with Gasteiger partial charge in [0, 0.05) is 31.3 Å². The number of ether oxygens (including phenoxy) is 2. The quantitative estimate of drug-likeness (QED) is 0.378. The molecule has 0 N–H and O–H groups in total. The summed E-state index contributed by atoms with van der Waals surface area (Å²) in [5.74, 6) is -0.637. The van der Waals surface area contributed by atoms with Gasteiger partial charge in [0.15, 0.2) is 0 Å². The van der Waals surface area contributed by atoms with Crippen LogP contribution in [0.25, 0.3) is 0 Å². The summed E-state index contributed by atoms with van der Waals surface area (Å²) in [5, 5.41) is 11.1. The molecule has 1 unspecified atom stereocenters. The summed E-state index contributed by atoms with van der Waals surface area (Å²) in [6.07, 6.45) is 1.73. The Hall–Kier alpha value is -2.48. The van der Waals surface area contributed by atoms with Gasteiger partial charge in [-0.1, -0.05) is 18.2 Å². The molecule has 0 radical (unpaired) electrons. The molecule has 0 aliphatic carbocycles. The largest absolute Gasteiger partial charge is 0.466 e. The van der Waals surface area contributed by atoms with Crippen LogP contribution < -0.4 is 0 Å². The molecule has 1 saturated heterocycles. The van der Waals surface area contributed by atoms with Crippen molar-refractivity contribution in [2.75, 3.05) is 26.3 Å². The van der Waals surface area contributed by atoms with E-state index in [1.165, 1.54) is 6.07 Å². The summed E-state index contributed by atoms with van der Waals surface area (Å²) < 4.78 is 10.5. The third-order valence-corrected chi connectivity index (χ3v) is 4.22. The molecule has 1 aromatic rings. The van der Waals surface area contributed by atoms with Gasteiger partial charge in [0.1, 0.15) is 0 Å². The molecule has 1 aliphatic heterocycles. The van der Waals surface area contributed by atoms with Gasteiger partial charge in [-0.25, -0.2) is 0 Å². The maximum Gasteiger partial charge on any atom is 0.307 e. The summed E-state index contributed by atoms with van der Waals surface area (Å²) >= 11 is 0. The highest BCUT2D eigenvalue weighted by molar-refractivity contribution is 5.80. The molecular formula is C18H24N2O6. The number of hydrogen-bond donors (Lipinski definition) is 0. The number of nitrogens with zero attached hydrogens (tertiary/aromatic N) is 2. The van der Waals surface area contributed by atoms with Crippen molar-refractivity contribution in [2.45, 2.75) is 38.7 Å². The zero-order valence-electron chi connectivity index (χ0n) is 14.9. The monoisotopic (exact) mass is 364 g/mol. The number of nitro benzene ring substituents is 1. The molecule has 26 heavy (non-hydrogen) atoms. The van der Waals surface area contributed by atoms with E-state index in [1.54, 1.807) is 30.0 Å². The molecule has 8 heteroatoms. The average Bonchev–Trinajstić information content (AvgIpc) is 3.12. The van der Waals surface area contributed by atoms with E-state index in [-0.39, 0.29) is 49.7 Å². The number of hydrogen-bond acceptors (Lipinski definition) is 6. The Morgan fingerprint density at radius 3 is 2.81 bits per heavy atom. The van der Waals surface area contributed by atoms with Gasteiger partial charge in [-0.15, -0.1) is 0 Å². The molecule has 0 spiro atoms. The van der Waals surface area contributed by atoms with Crippen molar-refractivity contribution in [2.24, 2.45) is 0 Å². The number of amides is 1. The van der Waals surface area contributed by atoms with Gasteiger partial charge in [-0.05, 0) is 19.8 Å². The van der Waals surface area contributed by atoms with Gasteiger partial charge in [0.2, 0.25) is 5.91 Å². The minimum absolute atomic E-state index is 0.0631. The lowest BCUT2D eigenvalue weighted by atomic mass is 10.1. The minimum atomic E-state index is -0.494. The fourth-order valence-electron chi connectivity index (χ4n) is 2.92. The number of carbonyl (C=O) groups is 2. The fourth-order valence-corrected chi connectivity index (χ4v) is 2.92. The Labute approximate surface area is 152 Å². The van der Waals surface area contributed by atoms with Gasteiger partial charge in [0.25, 0.3) is 5.69 Å². The van der Waals surface area contributed by atoms with E-state index in [4.69, 9.17) is 9.47 Å². The SMILES string of the molecule is CCOC(=O)CCN(CC1CCCO1)C(=O)Cc1ccccc1[N+](=O)[O-]. The van der Waals surface area contributed by atoms with Gasteiger partial charge >= 0.3 is 5.97 Å². The van der Waals surface area contributed by atoms with Gasteiger partial charge in [-0.3, -0.25) is 19.7 Å². The lowest BCUT2D eigenvalue weighted by Gasteiger charge is -2.25.